The lowest BCUT2D eigenvalue weighted by atomic mass is 9.87. The number of aromatic nitrogens is 3. The number of aryl methyl sites for hydroxylation is 2. The monoisotopic (exact) mass is 227 g/mol. The Hall–Kier alpha value is -1.77. The van der Waals surface area contributed by atoms with Crippen molar-refractivity contribution < 1.29 is 0 Å². The summed E-state index contributed by atoms with van der Waals surface area (Å²) >= 11 is 0. The van der Waals surface area contributed by atoms with Crippen LogP contribution in [-0.4, -0.2) is 15.0 Å². The van der Waals surface area contributed by atoms with E-state index in [4.69, 9.17) is 0 Å². The first kappa shape index (κ1) is 11.7. The molecule has 0 saturated carbocycles. The van der Waals surface area contributed by atoms with Gasteiger partial charge in [0.1, 0.15) is 5.82 Å². The molecule has 0 unspecified atom stereocenters. The molecule has 3 heteroatoms. The smallest absolute Gasteiger partial charge is 0.139 e. The van der Waals surface area contributed by atoms with Gasteiger partial charge >= 0.3 is 0 Å². The molecule has 0 radical (unpaired) electrons. The minimum absolute atomic E-state index is 0.262. The minimum atomic E-state index is -0.262. The van der Waals surface area contributed by atoms with Crippen LogP contribution >= 0.6 is 0 Å². The van der Waals surface area contributed by atoms with Crippen LogP contribution in [0.2, 0.25) is 0 Å². The Bertz CT molecular complexity index is 450. The highest BCUT2D eigenvalue weighted by Crippen LogP contribution is 2.26. The SMILES string of the molecule is Cc1ccc(C(C)(C)c2ncc(C)cn2)nc1. The fraction of sp³-hybridized carbons (Fsp3) is 0.357. The van der Waals surface area contributed by atoms with Gasteiger partial charge in [-0.3, -0.25) is 4.98 Å². The first-order valence-corrected chi connectivity index (χ1v) is 5.72. The van der Waals surface area contributed by atoms with Gasteiger partial charge in [0.15, 0.2) is 0 Å². The lowest BCUT2D eigenvalue weighted by Crippen LogP contribution is -2.23. The summed E-state index contributed by atoms with van der Waals surface area (Å²) < 4.78 is 0. The molecule has 0 aromatic carbocycles. The van der Waals surface area contributed by atoms with Crippen molar-refractivity contribution in [2.24, 2.45) is 0 Å². The Labute approximate surface area is 102 Å². The molecule has 2 rings (SSSR count). The van der Waals surface area contributed by atoms with E-state index in [-0.39, 0.29) is 5.41 Å². The van der Waals surface area contributed by atoms with Crippen LogP contribution < -0.4 is 0 Å². The molecule has 2 heterocycles. The average Bonchev–Trinajstić information content (AvgIpc) is 2.30. The number of hydrogen-bond donors (Lipinski definition) is 0. The van der Waals surface area contributed by atoms with Gasteiger partial charge in [-0.25, -0.2) is 9.97 Å². The predicted octanol–water partition coefficient (Wildman–Crippen LogP) is 2.81. The minimum Gasteiger partial charge on any atom is -0.260 e. The van der Waals surface area contributed by atoms with E-state index in [1.165, 1.54) is 0 Å². The molecular formula is C14H17N3. The summed E-state index contributed by atoms with van der Waals surface area (Å²) in [5.41, 5.74) is 2.96. The Morgan fingerprint density at radius 1 is 0.824 bits per heavy atom. The van der Waals surface area contributed by atoms with Crippen molar-refractivity contribution in [2.45, 2.75) is 33.1 Å². The molecule has 0 fully saturated rings. The van der Waals surface area contributed by atoms with Gasteiger partial charge in [0.05, 0.1) is 11.1 Å². The van der Waals surface area contributed by atoms with Crippen LogP contribution in [0.25, 0.3) is 0 Å². The predicted molar refractivity (Wildman–Crippen MR) is 67.9 cm³/mol. The van der Waals surface area contributed by atoms with E-state index in [1.54, 1.807) is 0 Å². The molecule has 0 aliphatic rings. The molecule has 0 amide bonds. The van der Waals surface area contributed by atoms with Crippen LogP contribution in [0.1, 0.15) is 36.5 Å². The highest BCUT2D eigenvalue weighted by molar-refractivity contribution is 5.26. The number of nitrogens with zero attached hydrogens (tertiary/aromatic N) is 3. The molecule has 3 nitrogen and oxygen atoms in total. The first-order chi connectivity index (χ1) is 8.00. The largest absolute Gasteiger partial charge is 0.260 e. The standard InChI is InChI=1S/C14H17N3/c1-10-5-6-12(15-7-10)14(3,4)13-16-8-11(2)9-17-13/h5-9H,1-4H3. The Balaban J connectivity index is 2.41. The normalized spacial score (nSPS) is 11.5. The summed E-state index contributed by atoms with van der Waals surface area (Å²) in [5.74, 6) is 0.805. The van der Waals surface area contributed by atoms with Crippen LogP contribution in [-0.2, 0) is 5.41 Å². The third-order valence-corrected chi connectivity index (χ3v) is 2.89. The molecule has 2 aromatic rings. The van der Waals surface area contributed by atoms with E-state index in [9.17, 15) is 0 Å². The Morgan fingerprint density at radius 3 is 1.94 bits per heavy atom. The van der Waals surface area contributed by atoms with E-state index < -0.39 is 0 Å². The molecule has 17 heavy (non-hydrogen) atoms. The van der Waals surface area contributed by atoms with E-state index in [2.05, 4.69) is 34.9 Å². The van der Waals surface area contributed by atoms with Crippen LogP contribution in [0.5, 0.6) is 0 Å². The van der Waals surface area contributed by atoms with Crippen molar-refractivity contribution in [3.63, 3.8) is 0 Å². The van der Waals surface area contributed by atoms with Gasteiger partial charge < -0.3 is 0 Å². The molecule has 2 aromatic heterocycles. The van der Waals surface area contributed by atoms with Crippen molar-refractivity contribution in [1.82, 2.24) is 15.0 Å². The van der Waals surface area contributed by atoms with Crippen LogP contribution in [0.4, 0.5) is 0 Å². The van der Waals surface area contributed by atoms with Gasteiger partial charge in [-0.1, -0.05) is 6.07 Å². The van der Waals surface area contributed by atoms with Gasteiger partial charge in [0.2, 0.25) is 0 Å². The second-order valence-electron chi connectivity index (χ2n) is 4.93. The van der Waals surface area contributed by atoms with Gasteiger partial charge in [-0.15, -0.1) is 0 Å². The Morgan fingerprint density at radius 2 is 1.41 bits per heavy atom. The lowest BCUT2D eigenvalue weighted by Gasteiger charge is -2.22. The molecule has 0 aliphatic heterocycles. The third-order valence-electron chi connectivity index (χ3n) is 2.89. The molecule has 0 bridgehead atoms. The van der Waals surface area contributed by atoms with Gasteiger partial charge in [0.25, 0.3) is 0 Å². The fourth-order valence-electron chi connectivity index (χ4n) is 1.67. The molecule has 0 aliphatic carbocycles. The maximum Gasteiger partial charge on any atom is 0.139 e. The topological polar surface area (TPSA) is 38.7 Å². The molecule has 0 saturated heterocycles. The summed E-state index contributed by atoms with van der Waals surface area (Å²) in [6.07, 6.45) is 5.57. The fourth-order valence-corrected chi connectivity index (χ4v) is 1.67. The number of hydrogen-bond acceptors (Lipinski definition) is 3. The van der Waals surface area contributed by atoms with E-state index in [0.717, 1.165) is 22.6 Å². The number of pyridine rings is 1. The summed E-state index contributed by atoms with van der Waals surface area (Å²) in [6, 6.07) is 4.11. The van der Waals surface area contributed by atoms with Gasteiger partial charge in [-0.2, -0.15) is 0 Å². The van der Waals surface area contributed by atoms with Gasteiger partial charge in [0, 0.05) is 18.6 Å². The first-order valence-electron chi connectivity index (χ1n) is 5.72. The quantitative estimate of drug-likeness (QED) is 0.792. The second-order valence-corrected chi connectivity index (χ2v) is 4.93. The average molecular weight is 227 g/mol. The van der Waals surface area contributed by atoms with Crippen LogP contribution in [0.15, 0.2) is 30.7 Å². The maximum atomic E-state index is 4.47. The summed E-state index contributed by atoms with van der Waals surface area (Å²) in [5, 5.41) is 0. The molecule has 0 atom stereocenters. The highest BCUT2D eigenvalue weighted by Gasteiger charge is 2.27. The van der Waals surface area contributed by atoms with E-state index in [0.29, 0.717) is 0 Å². The third kappa shape index (κ3) is 2.33. The van der Waals surface area contributed by atoms with Crippen molar-refractivity contribution in [3.05, 3.63) is 53.4 Å². The van der Waals surface area contributed by atoms with E-state index >= 15 is 0 Å². The zero-order valence-corrected chi connectivity index (χ0v) is 10.7. The molecular weight excluding hydrogens is 210 g/mol. The van der Waals surface area contributed by atoms with Crippen molar-refractivity contribution >= 4 is 0 Å². The van der Waals surface area contributed by atoms with Crippen LogP contribution in [0.3, 0.4) is 0 Å². The molecule has 88 valence electrons. The highest BCUT2D eigenvalue weighted by atomic mass is 14.9. The molecule has 0 spiro atoms. The zero-order valence-electron chi connectivity index (χ0n) is 10.7. The summed E-state index contributed by atoms with van der Waals surface area (Å²) in [4.78, 5) is 13.3. The van der Waals surface area contributed by atoms with E-state index in [1.807, 2.05) is 38.5 Å². The lowest BCUT2D eigenvalue weighted by molar-refractivity contribution is 0.569. The second kappa shape index (κ2) is 4.24. The molecule has 0 N–H and O–H groups in total. The summed E-state index contributed by atoms with van der Waals surface area (Å²) in [6.45, 7) is 8.21. The van der Waals surface area contributed by atoms with Crippen LogP contribution in [0, 0.1) is 13.8 Å². The summed E-state index contributed by atoms with van der Waals surface area (Å²) in [7, 11) is 0. The zero-order chi connectivity index (χ0) is 12.5. The van der Waals surface area contributed by atoms with Gasteiger partial charge in [-0.05, 0) is 44.9 Å². The van der Waals surface area contributed by atoms with Crippen molar-refractivity contribution in [3.8, 4) is 0 Å². The van der Waals surface area contributed by atoms with Crippen molar-refractivity contribution in [2.75, 3.05) is 0 Å². The Kier molecular flexibility index (Phi) is 2.92. The number of rotatable bonds is 2. The maximum absolute atomic E-state index is 4.47. The van der Waals surface area contributed by atoms with Crippen molar-refractivity contribution in [1.29, 1.82) is 0 Å².